The summed E-state index contributed by atoms with van der Waals surface area (Å²) < 4.78 is 5.50. The van der Waals surface area contributed by atoms with Crippen LogP contribution >= 0.6 is 0 Å². The Kier molecular flexibility index (Phi) is 3.61. The van der Waals surface area contributed by atoms with Gasteiger partial charge in [0.1, 0.15) is 5.56 Å². The number of hydrogen-bond donors (Lipinski definition) is 1. The summed E-state index contributed by atoms with van der Waals surface area (Å²) in [5.74, 6) is -0.0584. The highest BCUT2D eigenvalue weighted by Crippen LogP contribution is 2.25. The van der Waals surface area contributed by atoms with Crippen LogP contribution < -0.4 is 10.5 Å². The Balaban J connectivity index is 2.37. The summed E-state index contributed by atoms with van der Waals surface area (Å²) in [6.07, 6.45) is 5.15. The van der Waals surface area contributed by atoms with E-state index in [1.807, 2.05) is 13.0 Å². The van der Waals surface area contributed by atoms with Gasteiger partial charge in [0.05, 0.1) is 6.61 Å². The summed E-state index contributed by atoms with van der Waals surface area (Å²) in [6.45, 7) is 2.58. The molecule has 0 aliphatic heterocycles. The lowest BCUT2D eigenvalue weighted by Gasteiger charge is -2.17. The second kappa shape index (κ2) is 5.17. The molecule has 1 aliphatic carbocycles. The van der Waals surface area contributed by atoms with E-state index in [0.717, 1.165) is 43.4 Å². The van der Waals surface area contributed by atoms with Crippen LogP contribution in [0.15, 0.2) is 6.07 Å². The molecule has 0 atom stereocenters. The molecule has 92 valence electrons. The van der Waals surface area contributed by atoms with E-state index in [0.29, 0.717) is 18.1 Å². The summed E-state index contributed by atoms with van der Waals surface area (Å²) in [6, 6.07) is 1.86. The van der Waals surface area contributed by atoms with Crippen molar-refractivity contribution in [2.75, 3.05) is 6.61 Å². The highest BCUT2D eigenvalue weighted by atomic mass is 16.5. The molecule has 4 heteroatoms. The number of aromatic nitrogens is 1. The molecule has 0 bridgehead atoms. The van der Waals surface area contributed by atoms with Gasteiger partial charge in [0.25, 0.3) is 5.91 Å². The summed E-state index contributed by atoms with van der Waals surface area (Å²) in [5.41, 5.74) is 7.99. The molecular weight excluding hydrogens is 216 g/mol. The van der Waals surface area contributed by atoms with Crippen LogP contribution in [0.3, 0.4) is 0 Å². The van der Waals surface area contributed by atoms with Gasteiger partial charge in [-0.25, -0.2) is 4.98 Å². The third kappa shape index (κ3) is 2.57. The zero-order chi connectivity index (χ0) is 12.3. The number of pyridine rings is 1. The molecule has 1 amide bonds. The number of carbonyl (C=O) groups excluding carboxylic acids is 1. The van der Waals surface area contributed by atoms with Gasteiger partial charge < -0.3 is 10.5 Å². The van der Waals surface area contributed by atoms with E-state index in [1.165, 1.54) is 0 Å². The first kappa shape index (κ1) is 11.9. The fraction of sp³-hybridized carbons (Fsp3) is 0.538. The fourth-order valence-corrected chi connectivity index (χ4v) is 2.10. The quantitative estimate of drug-likeness (QED) is 0.864. The maximum atomic E-state index is 11.4. The van der Waals surface area contributed by atoms with E-state index >= 15 is 0 Å². The highest BCUT2D eigenvalue weighted by molar-refractivity contribution is 5.95. The number of hydrogen-bond acceptors (Lipinski definition) is 3. The standard InChI is InChI=1S/C13H18N2O2/c1-2-7-17-13-10(12(14)16)8-9-5-3-4-6-11(9)15-13/h8H,2-7H2,1H3,(H2,14,16). The Morgan fingerprint density at radius 2 is 2.24 bits per heavy atom. The van der Waals surface area contributed by atoms with Gasteiger partial charge in [-0.05, 0) is 43.7 Å². The van der Waals surface area contributed by atoms with Gasteiger partial charge in [0.2, 0.25) is 5.88 Å². The number of nitrogens with zero attached hydrogens (tertiary/aromatic N) is 1. The molecule has 2 N–H and O–H groups in total. The van der Waals surface area contributed by atoms with Crippen molar-refractivity contribution in [1.29, 1.82) is 0 Å². The molecule has 0 saturated carbocycles. The smallest absolute Gasteiger partial charge is 0.254 e. The number of aryl methyl sites for hydroxylation is 2. The Labute approximate surface area is 101 Å². The lowest BCUT2D eigenvalue weighted by Crippen LogP contribution is -2.17. The maximum absolute atomic E-state index is 11.4. The number of fused-ring (bicyclic) bond motifs is 1. The predicted molar refractivity (Wildman–Crippen MR) is 65.2 cm³/mol. The molecule has 0 saturated heterocycles. The molecule has 0 unspecified atom stereocenters. The number of nitrogens with two attached hydrogens (primary N) is 1. The molecule has 0 fully saturated rings. The number of ether oxygens (including phenoxy) is 1. The lowest BCUT2D eigenvalue weighted by molar-refractivity contribution is 0.0995. The van der Waals surface area contributed by atoms with Gasteiger partial charge >= 0.3 is 0 Å². The van der Waals surface area contributed by atoms with E-state index in [1.54, 1.807) is 0 Å². The minimum absolute atomic E-state index is 0.403. The molecular formula is C13H18N2O2. The molecule has 17 heavy (non-hydrogen) atoms. The summed E-state index contributed by atoms with van der Waals surface area (Å²) >= 11 is 0. The number of carbonyl (C=O) groups is 1. The SMILES string of the molecule is CCCOc1nc2c(cc1C(N)=O)CCCC2. The van der Waals surface area contributed by atoms with Gasteiger partial charge in [-0.3, -0.25) is 4.79 Å². The van der Waals surface area contributed by atoms with Crippen molar-refractivity contribution in [3.63, 3.8) is 0 Å². The van der Waals surface area contributed by atoms with Crippen LogP contribution in [0.2, 0.25) is 0 Å². The Hall–Kier alpha value is -1.58. The summed E-state index contributed by atoms with van der Waals surface area (Å²) in [7, 11) is 0. The first-order valence-electron chi connectivity index (χ1n) is 6.17. The van der Waals surface area contributed by atoms with E-state index in [4.69, 9.17) is 10.5 Å². The maximum Gasteiger partial charge on any atom is 0.254 e. The predicted octanol–water partition coefficient (Wildman–Crippen LogP) is 1.85. The van der Waals surface area contributed by atoms with Crippen LogP contribution in [0.5, 0.6) is 5.88 Å². The summed E-state index contributed by atoms with van der Waals surface area (Å²) in [5, 5.41) is 0. The van der Waals surface area contributed by atoms with Crippen molar-refractivity contribution >= 4 is 5.91 Å². The van der Waals surface area contributed by atoms with Gasteiger partial charge in [-0.2, -0.15) is 0 Å². The van der Waals surface area contributed by atoms with E-state index < -0.39 is 5.91 Å². The normalized spacial score (nSPS) is 14.2. The van der Waals surface area contributed by atoms with Crippen LogP contribution in [-0.4, -0.2) is 17.5 Å². The lowest BCUT2D eigenvalue weighted by atomic mass is 9.95. The van der Waals surface area contributed by atoms with Crippen molar-refractivity contribution < 1.29 is 9.53 Å². The van der Waals surface area contributed by atoms with Crippen molar-refractivity contribution in [3.8, 4) is 5.88 Å². The number of amides is 1. The minimum Gasteiger partial charge on any atom is -0.477 e. The monoisotopic (exact) mass is 234 g/mol. The Bertz CT molecular complexity index is 430. The number of rotatable bonds is 4. The van der Waals surface area contributed by atoms with Crippen LogP contribution in [0.4, 0.5) is 0 Å². The first-order chi connectivity index (χ1) is 8.22. The van der Waals surface area contributed by atoms with Gasteiger partial charge in [0.15, 0.2) is 0 Å². The van der Waals surface area contributed by atoms with Crippen molar-refractivity contribution in [3.05, 3.63) is 22.9 Å². The highest BCUT2D eigenvalue weighted by Gasteiger charge is 2.18. The molecule has 2 rings (SSSR count). The molecule has 1 aliphatic rings. The fourth-order valence-electron chi connectivity index (χ4n) is 2.10. The second-order valence-corrected chi connectivity index (χ2v) is 4.37. The molecule has 1 heterocycles. The van der Waals surface area contributed by atoms with Crippen LogP contribution in [0.1, 0.15) is 47.8 Å². The van der Waals surface area contributed by atoms with E-state index in [2.05, 4.69) is 4.98 Å². The molecule has 1 aromatic heterocycles. The van der Waals surface area contributed by atoms with Gasteiger partial charge in [-0.1, -0.05) is 6.92 Å². The second-order valence-electron chi connectivity index (χ2n) is 4.37. The average molecular weight is 234 g/mol. The average Bonchev–Trinajstić information content (AvgIpc) is 2.35. The minimum atomic E-state index is -0.461. The molecule has 1 aromatic rings. The molecule has 0 spiro atoms. The molecule has 4 nitrogen and oxygen atoms in total. The van der Waals surface area contributed by atoms with Crippen molar-refractivity contribution in [1.82, 2.24) is 4.98 Å². The summed E-state index contributed by atoms with van der Waals surface area (Å²) in [4.78, 5) is 15.8. The Morgan fingerprint density at radius 1 is 1.47 bits per heavy atom. The van der Waals surface area contributed by atoms with Crippen LogP contribution in [0.25, 0.3) is 0 Å². The molecule has 0 aromatic carbocycles. The number of primary amides is 1. The van der Waals surface area contributed by atoms with E-state index in [-0.39, 0.29) is 0 Å². The largest absolute Gasteiger partial charge is 0.477 e. The van der Waals surface area contributed by atoms with E-state index in [9.17, 15) is 4.79 Å². The van der Waals surface area contributed by atoms with Crippen LogP contribution in [0, 0.1) is 0 Å². The van der Waals surface area contributed by atoms with Crippen molar-refractivity contribution in [2.24, 2.45) is 5.73 Å². The van der Waals surface area contributed by atoms with Crippen LogP contribution in [-0.2, 0) is 12.8 Å². The third-order valence-corrected chi connectivity index (χ3v) is 2.97. The van der Waals surface area contributed by atoms with Gasteiger partial charge in [0, 0.05) is 5.69 Å². The third-order valence-electron chi connectivity index (χ3n) is 2.97. The first-order valence-corrected chi connectivity index (χ1v) is 6.17. The van der Waals surface area contributed by atoms with Gasteiger partial charge in [-0.15, -0.1) is 0 Å². The topological polar surface area (TPSA) is 65.2 Å². The Morgan fingerprint density at radius 3 is 2.94 bits per heavy atom. The molecule has 0 radical (unpaired) electrons. The zero-order valence-electron chi connectivity index (χ0n) is 10.2. The van der Waals surface area contributed by atoms with Crippen molar-refractivity contribution in [2.45, 2.75) is 39.0 Å². The zero-order valence-corrected chi connectivity index (χ0v) is 10.2.